The molecular weight excluding hydrogens is 368 g/mol. The van der Waals surface area contributed by atoms with Crippen molar-refractivity contribution in [2.75, 3.05) is 0 Å². The van der Waals surface area contributed by atoms with Gasteiger partial charge in [0.15, 0.2) is 0 Å². The Morgan fingerprint density at radius 3 is 2.32 bits per heavy atom. The molecule has 4 heteroatoms. The lowest BCUT2D eigenvalue weighted by Gasteiger charge is -2.03. The molecule has 0 unspecified atom stereocenters. The fourth-order valence-corrected chi connectivity index (χ4v) is 2.61. The van der Waals surface area contributed by atoms with Crippen molar-refractivity contribution < 1.29 is 0 Å². The Labute approximate surface area is 128 Å². The first-order valence-electron chi connectivity index (χ1n) is 5.79. The summed E-state index contributed by atoms with van der Waals surface area (Å²) in [7, 11) is 0. The van der Waals surface area contributed by atoms with Crippen molar-refractivity contribution in [2.45, 2.75) is 0 Å². The number of hydrogen-bond acceptors (Lipinski definition) is 1. The zero-order valence-corrected chi connectivity index (χ0v) is 13.1. The van der Waals surface area contributed by atoms with E-state index in [4.69, 9.17) is 0 Å². The van der Waals surface area contributed by atoms with Crippen LogP contribution in [-0.2, 0) is 0 Å². The molecule has 0 bridgehead atoms. The Hall–Kier alpha value is -1.39. The number of benzene rings is 2. The van der Waals surface area contributed by atoms with Crippen LogP contribution in [0.15, 0.2) is 69.9 Å². The molecule has 0 aliphatic rings. The third kappa shape index (κ3) is 2.65. The molecule has 0 fully saturated rings. The van der Waals surface area contributed by atoms with Crippen molar-refractivity contribution >= 4 is 31.9 Å². The minimum atomic E-state index is 1.03. The van der Waals surface area contributed by atoms with Gasteiger partial charge in [-0.3, -0.25) is 0 Å². The van der Waals surface area contributed by atoms with Crippen LogP contribution in [0.2, 0.25) is 0 Å². The zero-order valence-electron chi connectivity index (χ0n) is 9.92. The van der Waals surface area contributed by atoms with Crippen molar-refractivity contribution in [3.63, 3.8) is 0 Å². The van der Waals surface area contributed by atoms with E-state index in [9.17, 15) is 0 Å². The van der Waals surface area contributed by atoms with Gasteiger partial charge in [-0.15, -0.1) is 0 Å². The second-order valence-electron chi connectivity index (χ2n) is 4.13. The van der Waals surface area contributed by atoms with E-state index in [0.29, 0.717) is 0 Å². The van der Waals surface area contributed by atoms with Gasteiger partial charge in [-0.25, -0.2) is 4.68 Å². The Kier molecular flexibility index (Phi) is 3.53. The quantitative estimate of drug-likeness (QED) is 0.610. The molecule has 19 heavy (non-hydrogen) atoms. The highest BCUT2D eigenvalue weighted by Gasteiger charge is 2.05. The molecule has 0 N–H and O–H groups in total. The summed E-state index contributed by atoms with van der Waals surface area (Å²) < 4.78 is 3.98. The van der Waals surface area contributed by atoms with Crippen molar-refractivity contribution in [1.82, 2.24) is 9.78 Å². The third-order valence-electron chi connectivity index (χ3n) is 2.86. The standard InChI is InChI=1S/C15H10Br2N2/c16-13-7-5-11(6-8-13)12-9-18-19(10-12)15-4-2-1-3-14(15)17/h1-10H. The van der Waals surface area contributed by atoms with Gasteiger partial charge in [0.05, 0.1) is 11.9 Å². The van der Waals surface area contributed by atoms with Crippen LogP contribution in [0.25, 0.3) is 16.8 Å². The monoisotopic (exact) mass is 376 g/mol. The van der Waals surface area contributed by atoms with Crippen LogP contribution in [0.4, 0.5) is 0 Å². The zero-order chi connectivity index (χ0) is 13.2. The fraction of sp³-hybridized carbons (Fsp3) is 0. The van der Waals surface area contributed by atoms with Gasteiger partial charge in [0.1, 0.15) is 0 Å². The first-order chi connectivity index (χ1) is 9.24. The fourth-order valence-electron chi connectivity index (χ4n) is 1.88. The third-order valence-corrected chi connectivity index (χ3v) is 4.06. The summed E-state index contributed by atoms with van der Waals surface area (Å²) in [6.07, 6.45) is 3.91. The van der Waals surface area contributed by atoms with Crippen LogP contribution in [0.1, 0.15) is 0 Å². The van der Waals surface area contributed by atoms with E-state index in [1.165, 1.54) is 0 Å². The molecule has 0 aliphatic carbocycles. The Morgan fingerprint density at radius 2 is 1.58 bits per heavy atom. The van der Waals surface area contributed by atoms with Gasteiger partial charge in [-0.1, -0.05) is 40.2 Å². The van der Waals surface area contributed by atoms with Gasteiger partial charge in [-0.2, -0.15) is 5.10 Å². The summed E-state index contributed by atoms with van der Waals surface area (Å²) >= 11 is 6.98. The highest BCUT2D eigenvalue weighted by atomic mass is 79.9. The van der Waals surface area contributed by atoms with Gasteiger partial charge in [0, 0.05) is 20.7 Å². The Morgan fingerprint density at radius 1 is 0.842 bits per heavy atom. The first kappa shape index (κ1) is 12.6. The van der Waals surface area contributed by atoms with Gasteiger partial charge >= 0.3 is 0 Å². The Bertz CT molecular complexity index is 702. The van der Waals surface area contributed by atoms with E-state index < -0.39 is 0 Å². The normalized spacial score (nSPS) is 10.6. The number of rotatable bonds is 2. The summed E-state index contributed by atoms with van der Waals surface area (Å²) in [4.78, 5) is 0. The molecule has 2 nitrogen and oxygen atoms in total. The summed E-state index contributed by atoms with van der Waals surface area (Å²) in [5.74, 6) is 0. The lowest BCUT2D eigenvalue weighted by atomic mass is 10.1. The maximum Gasteiger partial charge on any atom is 0.0787 e. The van der Waals surface area contributed by atoms with Crippen molar-refractivity contribution in [3.05, 3.63) is 69.9 Å². The summed E-state index contributed by atoms with van der Waals surface area (Å²) in [6.45, 7) is 0. The van der Waals surface area contributed by atoms with E-state index in [0.717, 1.165) is 25.8 Å². The van der Waals surface area contributed by atoms with Crippen molar-refractivity contribution in [3.8, 4) is 16.8 Å². The molecule has 0 saturated heterocycles. The molecule has 3 rings (SSSR count). The molecule has 0 aliphatic heterocycles. The SMILES string of the molecule is Brc1ccc(-c2cnn(-c3ccccc3Br)c2)cc1. The lowest BCUT2D eigenvalue weighted by Crippen LogP contribution is -1.94. The average molecular weight is 378 g/mol. The largest absolute Gasteiger partial charge is 0.239 e. The summed E-state index contributed by atoms with van der Waals surface area (Å²) in [5.41, 5.74) is 3.29. The first-order valence-corrected chi connectivity index (χ1v) is 7.38. The molecular formula is C15H10Br2N2. The molecule has 2 aromatic carbocycles. The predicted molar refractivity (Wildman–Crippen MR) is 84.4 cm³/mol. The van der Waals surface area contributed by atoms with E-state index in [-0.39, 0.29) is 0 Å². The summed E-state index contributed by atoms with van der Waals surface area (Å²) in [5, 5.41) is 4.42. The highest BCUT2D eigenvalue weighted by Crippen LogP contribution is 2.24. The van der Waals surface area contributed by atoms with Crippen LogP contribution in [0.5, 0.6) is 0 Å². The van der Waals surface area contributed by atoms with E-state index in [1.54, 1.807) is 0 Å². The molecule has 0 saturated carbocycles. The molecule has 0 radical (unpaired) electrons. The van der Waals surface area contributed by atoms with Crippen molar-refractivity contribution in [2.24, 2.45) is 0 Å². The molecule has 94 valence electrons. The number of halogens is 2. The van der Waals surface area contributed by atoms with E-state index in [1.807, 2.05) is 53.5 Å². The predicted octanol–water partition coefficient (Wildman–Crippen LogP) is 5.06. The Balaban J connectivity index is 2.00. The minimum absolute atomic E-state index is 1.03. The van der Waals surface area contributed by atoms with E-state index >= 15 is 0 Å². The lowest BCUT2D eigenvalue weighted by molar-refractivity contribution is 0.876. The average Bonchev–Trinajstić information content (AvgIpc) is 2.89. The molecule has 0 atom stereocenters. The molecule has 1 heterocycles. The maximum absolute atomic E-state index is 4.42. The van der Waals surface area contributed by atoms with Gasteiger partial charge in [-0.05, 0) is 45.8 Å². The molecule has 0 amide bonds. The van der Waals surface area contributed by atoms with Gasteiger partial charge in [0.2, 0.25) is 0 Å². The van der Waals surface area contributed by atoms with Crippen LogP contribution in [0.3, 0.4) is 0 Å². The van der Waals surface area contributed by atoms with Gasteiger partial charge in [0.25, 0.3) is 0 Å². The smallest absolute Gasteiger partial charge is 0.0787 e. The summed E-state index contributed by atoms with van der Waals surface area (Å²) in [6, 6.07) is 16.2. The number of para-hydroxylation sites is 1. The maximum atomic E-state index is 4.42. The minimum Gasteiger partial charge on any atom is -0.239 e. The molecule has 3 aromatic rings. The van der Waals surface area contributed by atoms with Crippen molar-refractivity contribution in [1.29, 1.82) is 0 Å². The van der Waals surface area contributed by atoms with E-state index in [2.05, 4.69) is 49.1 Å². The molecule has 1 aromatic heterocycles. The molecule has 0 spiro atoms. The van der Waals surface area contributed by atoms with Crippen LogP contribution >= 0.6 is 31.9 Å². The second kappa shape index (κ2) is 5.31. The van der Waals surface area contributed by atoms with Crippen LogP contribution in [0, 0.1) is 0 Å². The van der Waals surface area contributed by atoms with Crippen LogP contribution in [-0.4, -0.2) is 9.78 Å². The number of hydrogen-bond donors (Lipinski definition) is 0. The second-order valence-corrected chi connectivity index (χ2v) is 5.90. The number of aromatic nitrogens is 2. The van der Waals surface area contributed by atoms with Gasteiger partial charge < -0.3 is 0 Å². The topological polar surface area (TPSA) is 17.8 Å². The highest BCUT2D eigenvalue weighted by molar-refractivity contribution is 9.10. The number of nitrogens with zero attached hydrogens (tertiary/aromatic N) is 2. The van der Waals surface area contributed by atoms with Crippen LogP contribution < -0.4 is 0 Å².